The maximum atomic E-state index is 6.08. The summed E-state index contributed by atoms with van der Waals surface area (Å²) in [5.41, 5.74) is 9.00. The molecule has 4 heteroatoms. The van der Waals surface area contributed by atoms with E-state index in [1.54, 1.807) is 18.7 Å². The zero-order chi connectivity index (χ0) is 18.7. The quantitative estimate of drug-likeness (QED) is 0.680. The summed E-state index contributed by atoms with van der Waals surface area (Å²) in [5, 5.41) is 6.08. The fourth-order valence-electron chi connectivity index (χ4n) is 2.12. The molecule has 132 valence electrons. The smallest absolute Gasteiger partial charge is 0.0364 e. The zero-order valence-corrected chi connectivity index (χ0v) is 15.9. The highest BCUT2D eigenvalue weighted by molar-refractivity contribution is 8.16. The third-order valence-corrected chi connectivity index (χ3v) is 4.40. The standard InChI is InChI=1S/C19H22N2S.C2H5N/c1-15(17-7-5-4-6-8-17)22-16(2)18-9-11-19(12-10-18)21(3)14-13-20;1-2-3/h4-12H,1-2,13-14,20H2,3H3;2-3H,1H3. The van der Waals surface area contributed by atoms with Gasteiger partial charge in [-0.05, 0) is 36.4 Å². The number of hydrogen-bond acceptors (Lipinski definition) is 4. The second-order valence-electron chi connectivity index (χ2n) is 5.36. The Balaban J connectivity index is 0.000000970. The third kappa shape index (κ3) is 6.99. The van der Waals surface area contributed by atoms with Gasteiger partial charge in [-0.2, -0.15) is 0 Å². The predicted molar refractivity (Wildman–Crippen MR) is 115 cm³/mol. The number of nitrogens with two attached hydrogens (primary N) is 1. The molecule has 0 amide bonds. The normalized spacial score (nSPS) is 9.56. The first-order chi connectivity index (χ1) is 12.0. The minimum absolute atomic E-state index is 0.651. The van der Waals surface area contributed by atoms with Gasteiger partial charge in [0.15, 0.2) is 0 Å². The van der Waals surface area contributed by atoms with Crippen molar-refractivity contribution in [2.45, 2.75) is 6.92 Å². The molecule has 0 fully saturated rings. The van der Waals surface area contributed by atoms with E-state index in [9.17, 15) is 0 Å². The fourth-order valence-corrected chi connectivity index (χ4v) is 2.92. The van der Waals surface area contributed by atoms with Crippen LogP contribution in [0.25, 0.3) is 9.81 Å². The van der Waals surface area contributed by atoms with E-state index in [1.807, 2.05) is 25.2 Å². The van der Waals surface area contributed by atoms with Gasteiger partial charge in [0, 0.05) is 35.6 Å². The van der Waals surface area contributed by atoms with Crippen molar-refractivity contribution in [3.63, 3.8) is 0 Å². The van der Waals surface area contributed by atoms with Crippen LogP contribution in [0, 0.1) is 5.41 Å². The lowest BCUT2D eigenvalue weighted by Gasteiger charge is -2.18. The highest BCUT2D eigenvalue weighted by Gasteiger charge is 2.06. The summed E-state index contributed by atoms with van der Waals surface area (Å²) in [7, 11) is 2.04. The highest BCUT2D eigenvalue weighted by Crippen LogP contribution is 2.37. The molecule has 0 saturated heterocycles. The van der Waals surface area contributed by atoms with Crippen LogP contribution in [0.15, 0.2) is 67.8 Å². The number of thioether (sulfide) groups is 1. The number of rotatable bonds is 7. The topological polar surface area (TPSA) is 53.1 Å². The molecule has 25 heavy (non-hydrogen) atoms. The van der Waals surface area contributed by atoms with Gasteiger partial charge >= 0.3 is 0 Å². The largest absolute Gasteiger partial charge is 0.373 e. The maximum absolute atomic E-state index is 6.08. The Labute approximate surface area is 155 Å². The number of anilines is 1. The molecule has 0 aliphatic carbocycles. The first-order valence-corrected chi connectivity index (χ1v) is 8.93. The van der Waals surface area contributed by atoms with Gasteiger partial charge in [0.05, 0.1) is 0 Å². The van der Waals surface area contributed by atoms with Crippen LogP contribution in [0.3, 0.4) is 0 Å². The molecule has 2 rings (SSSR count). The van der Waals surface area contributed by atoms with Crippen molar-refractivity contribution in [1.82, 2.24) is 0 Å². The minimum Gasteiger partial charge on any atom is -0.373 e. The molecule has 0 bridgehead atoms. The van der Waals surface area contributed by atoms with Gasteiger partial charge < -0.3 is 16.0 Å². The molecular weight excluding hydrogens is 326 g/mol. The average Bonchev–Trinajstić information content (AvgIpc) is 2.63. The molecule has 2 aromatic carbocycles. The number of likely N-dealkylation sites (N-methyl/N-ethyl adjacent to an activating group) is 1. The molecule has 0 spiro atoms. The van der Waals surface area contributed by atoms with E-state index < -0.39 is 0 Å². The molecular formula is C21H27N3S. The van der Waals surface area contributed by atoms with Gasteiger partial charge in [0.2, 0.25) is 0 Å². The molecule has 0 atom stereocenters. The molecule has 0 radical (unpaired) electrons. The molecule has 0 saturated carbocycles. The predicted octanol–water partition coefficient (Wildman–Crippen LogP) is 5.11. The van der Waals surface area contributed by atoms with Crippen LogP contribution in [0.5, 0.6) is 0 Å². The first kappa shape index (κ1) is 20.7. The summed E-state index contributed by atoms with van der Waals surface area (Å²) in [6, 6.07) is 18.6. The lowest BCUT2D eigenvalue weighted by Crippen LogP contribution is -2.24. The number of benzene rings is 2. The molecule has 2 aromatic rings. The molecule has 0 heterocycles. The second kappa shape index (κ2) is 11.3. The van der Waals surface area contributed by atoms with E-state index >= 15 is 0 Å². The Morgan fingerprint density at radius 1 is 1.04 bits per heavy atom. The molecule has 0 unspecified atom stereocenters. The summed E-state index contributed by atoms with van der Waals surface area (Å²) >= 11 is 1.61. The van der Waals surface area contributed by atoms with Crippen LogP contribution in [0.1, 0.15) is 18.1 Å². The molecule has 0 aliphatic heterocycles. The van der Waals surface area contributed by atoms with Crippen molar-refractivity contribution >= 4 is 33.5 Å². The molecule has 0 aliphatic rings. The van der Waals surface area contributed by atoms with Crippen LogP contribution >= 0.6 is 11.8 Å². The number of nitrogens with zero attached hydrogens (tertiary/aromatic N) is 1. The van der Waals surface area contributed by atoms with E-state index in [4.69, 9.17) is 11.1 Å². The number of nitrogens with one attached hydrogen (secondary N) is 1. The monoisotopic (exact) mass is 353 g/mol. The van der Waals surface area contributed by atoms with Crippen molar-refractivity contribution in [2.24, 2.45) is 5.73 Å². The van der Waals surface area contributed by atoms with Gasteiger partial charge in [-0.3, -0.25) is 0 Å². The Hall–Kier alpha value is -2.30. The van der Waals surface area contributed by atoms with Crippen molar-refractivity contribution in [1.29, 1.82) is 5.41 Å². The summed E-state index contributed by atoms with van der Waals surface area (Å²) in [6.45, 7) is 11.5. The van der Waals surface area contributed by atoms with E-state index in [-0.39, 0.29) is 0 Å². The van der Waals surface area contributed by atoms with Crippen molar-refractivity contribution in [3.05, 3.63) is 78.9 Å². The van der Waals surface area contributed by atoms with Crippen molar-refractivity contribution < 1.29 is 0 Å². The van der Waals surface area contributed by atoms with Crippen molar-refractivity contribution in [2.75, 3.05) is 25.0 Å². The Morgan fingerprint density at radius 3 is 2.00 bits per heavy atom. The second-order valence-corrected chi connectivity index (χ2v) is 6.55. The third-order valence-electron chi connectivity index (χ3n) is 3.44. The van der Waals surface area contributed by atoms with Gasteiger partial charge in [-0.15, -0.1) is 0 Å². The lowest BCUT2D eigenvalue weighted by atomic mass is 10.2. The van der Waals surface area contributed by atoms with E-state index in [0.29, 0.717) is 6.54 Å². The van der Waals surface area contributed by atoms with Gasteiger partial charge in [0.1, 0.15) is 0 Å². The molecule has 3 nitrogen and oxygen atoms in total. The minimum atomic E-state index is 0.651. The zero-order valence-electron chi connectivity index (χ0n) is 15.0. The summed E-state index contributed by atoms with van der Waals surface area (Å²) in [4.78, 5) is 4.15. The summed E-state index contributed by atoms with van der Waals surface area (Å²) in [6.07, 6.45) is 1.25. The fraction of sp³-hybridized carbons (Fsp3) is 0.190. The Morgan fingerprint density at radius 2 is 1.52 bits per heavy atom. The van der Waals surface area contributed by atoms with Crippen LogP contribution in [0.4, 0.5) is 5.69 Å². The SMILES string of the molecule is C=C(SC(=C)c1ccc(N(C)CCN)cc1)c1ccccc1.CC=N. The van der Waals surface area contributed by atoms with Gasteiger partial charge in [0.25, 0.3) is 0 Å². The highest BCUT2D eigenvalue weighted by atomic mass is 32.2. The average molecular weight is 354 g/mol. The first-order valence-electron chi connectivity index (χ1n) is 8.11. The van der Waals surface area contributed by atoms with Crippen LogP contribution in [-0.2, 0) is 0 Å². The summed E-state index contributed by atoms with van der Waals surface area (Å²) in [5.74, 6) is 0. The van der Waals surface area contributed by atoms with Crippen LogP contribution in [0.2, 0.25) is 0 Å². The van der Waals surface area contributed by atoms with Crippen LogP contribution in [-0.4, -0.2) is 26.4 Å². The Bertz CT molecular complexity index is 678. The number of hydrogen-bond donors (Lipinski definition) is 2. The van der Waals surface area contributed by atoms with Gasteiger partial charge in [-0.25, -0.2) is 0 Å². The van der Waals surface area contributed by atoms with Crippen molar-refractivity contribution in [3.8, 4) is 0 Å². The van der Waals surface area contributed by atoms with Gasteiger partial charge in [-0.1, -0.05) is 67.4 Å². The van der Waals surface area contributed by atoms with E-state index in [1.165, 1.54) is 6.21 Å². The van der Waals surface area contributed by atoms with E-state index in [2.05, 4.69) is 54.5 Å². The molecule has 3 N–H and O–H groups in total. The van der Waals surface area contributed by atoms with E-state index in [0.717, 1.165) is 33.2 Å². The lowest BCUT2D eigenvalue weighted by molar-refractivity contribution is 0.886. The molecule has 0 aromatic heterocycles. The maximum Gasteiger partial charge on any atom is 0.0364 e. The Kier molecular flexibility index (Phi) is 9.37. The summed E-state index contributed by atoms with van der Waals surface area (Å²) < 4.78 is 0. The van der Waals surface area contributed by atoms with Crippen LogP contribution < -0.4 is 10.6 Å².